The highest BCUT2D eigenvalue weighted by molar-refractivity contribution is 5.96. The van der Waals surface area contributed by atoms with Gasteiger partial charge in [-0.25, -0.2) is 4.68 Å². The van der Waals surface area contributed by atoms with Crippen LogP contribution in [0.15, 0.2) is 0 Å². The molecule has 1 aromatic rings. The maximum atomic E-state index is 12.4. The number of aromatic nitrogens is 3. The smallest absolute Gasteiger partial charge is 0.245 e. The molecule has 8 heteroatoms. The number of hydrogen-bond acceptors (Lipinski definition) is 5. The third-order valence-electron chi connectivity index (χ3n) is 3.92. The molecule has 2 atom stereocenters. The number of amides is 2. The van der Waals surface area contributed by atoms with Crippen molar-refractivity contribution in [2.75, 3.05) is 18.5 Å². The standard InChI is InChI=1S/C14H21N5O3/c1-8(2)12-17-14-16-11(20)6-10(19(14)18-12)13(21)15-7-9-4-3-5-22-9/h8-10H,3-7H2,1-2H3,(H,15,21)(H,16,17,18,20)/t9-,10-/m0/s1. The normalized spacial score (nSPS) is 24.2. The molecule has 3 heterocycles. The van der Waals surface area contributed by atoms with Gasteiger partial charge in [0.1, 0.15) is 6.04 Å². The van der Waals surface area contributed by atoms with E-state index in [0.717, 1.165) is 19.4 Å². The lowest BCUT2D eigenvalue weighted by molar-refractivity contribution is -0.129. The minimum absolute atomic E-state index is 0.0720. The van der Waals surface area contributed by atoms with Gasteiger partial charge in [0.2, 0.25) is 17.8 Å². The number of nitrogens with one attached hydrogen (secondary N) is 2. The number of nitrogens with zero attached hydrogens (tertiary/aromatic N) is 3. The highest BCUT2D eigenvalue weighted by atomic mass is 16.5. The number of rotatable bonds is 4. The van der Waals surface area contributed by atoms with Gasteiger partial charge in [-0.05, 0) is 12.8 Å². The first-order valence-electron chi connectivity index (χ1n) is 7.70. The second-order valence-corrected chi connectivity index (χ2v) is 6.04. The maximum Gasteiger partial charge on any atom is 0.245 e. The van der Waals surface area contributed by atoms with Gasteiger partial charge in [0.05, 0.1) is 12.5 Å². The van der Waals surface area contributed by atoms with Crippen LogP contribution in [-0.4, -0.2) is 45.8 Å². The molecule has 0 bridgehead atoms. The molecule has 1 saturated heterocycles. The van der Waals surface area contributed by atoms with Crippen molar-refractivity contribution in [1.82, 2.24) is 20.1 Å². The van der Waals surface area contributed by atoms with Crippen molar-refractivity contribution in [3.05, 3.63) is 5.82 Å². The van der Waals surface area contributed by atoms with E-state index in [1.165, 1.54) is 4.68 Å². The Labute approximate surface area is 128 Å². The lowest BCUT2D eigenvalue weighted by Crippen LogP contribution is -2.41. The monoisotopic (exact) mass is 307 g/mol. The molecule has 8 nitrogen and oxygen atoms in total. The van der Waals surface area contributed by atoms with Crippen molar-refractivity contribution in [2.45, 2.75) is 51.2 Å². The molecular formula is C14H21N5O3. The highest BCUT2D eigenvalue weighted by Gasteiger charge is 2.33. The molecule has 2 aliphatic rings. The van der Waals surface area contributed by atoms with E-state index in [1.807, 2.05) is 13.8 Å². The van der Waals surface area contributed by atoms with E-state index in [2.05, 4.69) is 20.7 Å². The molecule has 2 aliphatic heterocycles. The zero-order chi connectivity index (χ0) is 15.7. The predicted molar refractivity (Wildman–Crippen MR) is 78.4 cm³/mol. The fourth-order valence-electron chi connectivity index (χ4n) is 2.67. The van der Waals surface area contributed by atoms with E-state index in [0.29, 0.717) is 18.3 Å². The summed E-state index contributed by atoms with van der Waals surface area (Å²) in [7, 11) is 0. The summed E-state index contributed by atoms with van der Waals surface area (Å²) in [5, 5.41) is 9.89. The van der Waals surface area contributed by atoms with Gasteiger partial charge in [0.25, 0.3) is 0 Å². The molecule has 0 aliphatic carbocycles. The van der Waals surface area contributed by atoms with Gasteiger partial charge in [-0.1, -0.05) is 13.8 Å². The molecule has 1 fully saturated rings. The Morgan fingerprint density at radius 1 is 1.55 bits per heavy atom. The van der Waals surface area contributed by atoms with Crippen LogP contribution in [0.4, 0.5) is 5.95 Å². The largest absolute Gasteiger partial charge is 0.376 e. The molecule has 120 valence electrons. The Balaban J connectivity index is 1.72. The SMILES string of the molecule is CC(C)c1nc2n(n1)[C@H](C(=O)NC[C@@H]1CCCO1)CC(=O)N2. The van der Waals surface area contributed by atoms with E-state index in [9.17, 15) is 9.59 Å². The van der Waals surface area contributed by atoms with Crippen molar-refractivity contribution >= 4 is 17.8 Å². The van der Waals surface area contributed by atoms with E-state index < -0.39 is 6.04 Å². The first-order chi connectivity index (χ1) is 10.5. The van der Waals surface area contributed by atoms with Crippen molar-refractivity contribution in [3.63, 3.8) is 0 Å². The number of carbonyl (C=O) groups is 2. The molecule has 0 spiro atoms. The van der Waals surface area contributed by atoms with Crippen molar-refractivity contribution in [2.24, 2.45) is 0 Å². The second-order valence-electron chi connectivity index (χ2n) is 6.04. The fourth-order valence-corrected chi connectivity index (χ4v) is 2.67. The van der Waals surface area contributed by atoms with Crippen molar-refractivity contribution in [3.8, 4) is 0 Å². The summed E-state index contributed by atoms with van der Waals surface area (Å²) in [5.41, 5.74) is 0. The molecule has 2 amide bonds. The average molecular weight is 307 g/mol. The van der Waals surface area contributed by atoms with E-state index >= 15 is 0 Å². The Kier molecular flexibility index (Phi) is 4.10. The predicted octanol–water partition coefficient (Wildman–Crippen LogP) is 0.580. The van der Waals surface area contributed by atoms with E-state index in [4.69, 9.17) is 4.74 Å². The van der Waals surface area contributed by atoms with Gasteiger partial charge >= 0.3 is 0 Å². The topological polar surface area (TPSA) is 98.1 Å². The molecule has 1 aromatic heterocycles. The molecular weight excluding hydrogens is 286 g/mol. The van der Waals surface area contributed by atoms with Gasteiger partial charge in [-0.2, -0.15) is 10.1 Å². The maximum absolute atomic E-state index is 12.4. The third kappa shape index (κ3) is 2.96. The lowest BCUT2D eigenvalue weighted by atomic mass is 10.1. The fraction of sp³-hybridized carbons (Fsp3) is 0.714. The number of hydrogen-bond donors (Lipinski definition) is 2. The van der Waals surface area contributed by atoms with E-state index in [1.54, 1.807) is 0 Å². The van der Waals surface area contributed by atoms with Crippen LogP contribution in [-0.2, 0) is 14.3 Å². The number of fused-ring (bicyclic) bond motifs is 1. The molecule has 2 N–H and O–H groups in total. The Bertz CT molecular complexity index is 577. The summed E-state index contributed by atoms with van der Waals surface area (Å²) in [5.74, 6) is 0.663. The van der Waals surface area contributed by atoms with Crippen LogP contribution in [0.3, 0.4) is 0 Å². The summed E-state index contributed by atoms with van der Waals surface area (Å²) in [6.45, 7) is 5.15. The quantitative estimate of drug-likeness (QED) is 0.848. The zero-order valence-corrected chi connectivity index (χ0v) is 12.8. The van der Waals surface area contributed by atoms with Gasteiger partial charge in [0, 0.05) is 19.1 Å². The summed E-state index contributed by atoms with van der Waals surface area (Å²) in [4.78, 5) is 28.5. The van der Waals surface area contributed by atoms with Crippen LogP contribution in [0.5, 0.6) is 0 Å². The molecule has 0 unspecified atom stereocenters. The summed E-state index contributed by atoms with van der Waals surface area (Å²) in [6.07, 6.45) is 2.13. The first kappa shape index (κ1) is 15.0. The van der Waals surface area contributed by atoms with Crippen LogP contribution in [0, 0.1) is 0 Å². The van der Waals surface area contributed by atoms with Crippen LogP contribution >= 0.6 is 0 Å². The second kappa shape index (κ2) is 6.04. The van der Waals surface area contributed by atoms with Crippen molar-refractivity contribution < 1.29 is 14.3 Å². The highest BCUT2D eigenvalue weighted by Crippen LogP contribution is 2.25. The molecule has 3 rings (SSSR count). The zero-order valence-electron chi connectivity index (χ0n) is 12.8. The van der Waals surface area contributed by atoms with Crippen LogP contribution < -0.4 is 10.6 Å². The molecule has 0 radical (unpaired) electrons. The lowest BCUT2D eigenvalue weighted by Gasteiger charge is -2.23. The van der Waals surface area contributed by atoms with Crippen LogP contribution in [0.2, 0.25) is 0 Å². The van der Waals surface area contributed by atoms with Crippen LogP contribution in [0.25, 0.3) is 0 Å². The van der Waals surface area contributed by atoms with Gasteiger partial charge in [-0.15, -0.1) is 0 Å². The van der Waals surface area contributed by atoms with Crippen LogP contribution in [0.1, 0.15) is 50.9 Å². The number of ether oxygens (including phenoxy) is 1. The van der Waals surface area contributed by atoms with Crippen molar-refractivity contribution in [1.29, 1.82) is 0 Å². The Morgan fingerprint density at radius 2 is 2.36 bits per heavy atom. The Morgan fingerprint density at radius 3 is 3.05 bits per heavy atom. The van der Waals surface area contributed by atoms with Gasteiger partial charge < -0.3 is 10.1 Å². The van der Waals surface area contributed by atoms with Gasteiger partial charge in [0.15, 0.2) is 5.82 Å². The third-order valence-corrected chi connectivity index (χ3v) is 3.92. The molecule has 22 heavy (non-hydrogen) atoms. The summed E-state index contributed by atoms with van der Waals surface area (Å²) in [6, 6.07) is -0.648. The summed E-state index contributed by atoms with van der Waals surface area (Å²) < 4.78 is 7.00. The minimum atomic E-state index is -0.648. The number of anilines is 1. The summed E-state index contributed by atoms with van der Waals surface area (Å²) >= 11 is 0. The average Bonchev–Trinajstić information content (AvgIpc) is 3.12. The van der Waals surface area contributed by atoms with Gasteiger partial charge in [-0.3, -0.25) is 14.9 Å². The van der Waals surface area contributed by atoms with E-state index in [-0.39, 0.29) is 30.3 Å². The molecule has 0 aromatic carbocycles. The first-order valence-corrected chi connectivity index (χ1v) is 7.70. The number of carbonyl (C=O) groups excluding carboxylic acids is 2. The molecule has 0 saturated carbocycles. The Hall–Kier alpha value is -1.96. The minimum Gasteiger partial charge on any atom is -0.376 e.